The van der Waals surface area contributed by atoms with E-state index in [4.69, 9.17) is 5.73 Å². The Kier molecular flexibility index (Phi) is 4.91. The fourth-order valence-corrected chi connectivity index (χ4v) is 4.43. The van der Waals surface area contributed by atoms with Crippen LogP contribution in [0, 0.1) is 0 Å². The lowest BCUT2D eigenvalue weighted by molar-refractivity contribution is 0.00520. The van der Waals surface area contributed by atoms with E-state index in [1.807, 2.05) is 16.8 Å². The molecule has 28 heavy (non-hydrogen) atoms. The molecule has 0 aliphatic heterocycles. The van der Waals surface area contributed by atoms with E-state index in [2.05, 4.69) is 10.3 Å². The van der Waals surface area contributed by atoms with Gasteiger partial charge >= 0.3 is 0 Å². The number of aliphatic hydroxyl groups is 1. The van der Waals surface area contributed by atoms with Crippen molar-refractivity contribution >= 4 is 28.8 Å². The molecule has 3 heterocycles. The molecule has 0 radical (unpaired) electrons. The second kappa shape index (κ2) is 7.37. The quantitative estimate of drug-likeness (QED) is 0.613. The molecule has 0 spiro atoms. The van der Waals surface area contributed by atoms with Crippen LogP contribution in [0.2, 0.25) is 0 Å². The van der Waals surface area contributed by atoms with Crippen molar-refractivity contribution in [1.82, 2.24) is 14.7 Å². The molecule has 0 unspecified atom stereocenters. The third kappa shape index (κ3) is 3.41. The van der Waals surface area contributed by atoms with E-state index >= 15 is 0 Å². The van der Waals surface area contributed by atoms with Gasteiger partial charge in [0, 0.05) is 23.7 Å². The van der Waals surface area contributed by atoms with Crippen LogP contribution in [0.15, 0.2) is 35.2 Å². The molecule has 146 valence electrons. The number of carbonyl (C=O) groups is 2. The number of fused-ring (bicyclic) bond motifs is 1. The molecule has 0 aromatic carbocycles. The van der Waals surface area contributed by atoms with Crippen LogP contribution in [0.4, 0.5) is 0 Å². The van der Waals surface area contributed by atoms with Crippen LogP contribution < -0.4 is 11.1 Å². The minimum atomic E-state index is -0.866. The summed E-state index contributed by atoms with van der Waals surface area (Å²) in [4.78, 5) is 29.5. The van der Waals surface area contributed by atoms with Crippen LogP contribution in [-0.4, -0.2) is 38.5 Å². The molecule has 0 saturated heterocycles. The van der Waals surface area contributed by atoms with Gasteiger partial charge in [0.15, 0.2) is 5.65 Å². The first kappa shape index (κ1) is 18.6. The van der Waals surface area contributed by atoms with E-state index in [-0.39, 0.29) is 18.0 Å². The summed E-state index contributed by atoms with van der Waals surface area (Å²) in [5.41, 5.74) is 6.83. The molecule has 1 saturated carbocycles. The topological polar surface area (TPSA) is 110 Å². The van der Waals surface area contributed by atoms with Crippen molar-refractivity contribution in [3.63, 3.8) is 0 Å². The van der Waals surface area contributed by atoms with E-state index in [9.17, 15) is 14.7 Å². The van der Waals surface area contributed by atoms with E-state index < -0.39 is 11.5 Å². The average Bonchev–Trinajstić information content (AvgIpc) is 3.33. The molecule has 2 amide bonds. The first-order valence-corrected chi connectivity index (χ1v) is 10.3. The predicted molar refractivity (Wildman–Crippen MR) is 107 cm³/mol. The highest BCUT2D eigenvalue weighted by Gasteiger charge is 2.31. The highest BCUT2D eigenvalue weighted by Crippen LogP contribution is 2.29. The number of aromatic nitrogens is 2. The second-order valence-electron chi connectivity index (χ2n) is 7.27. The van der Waals surface area contributed by atoms with Gasteiger partial charge in [0.2, 0.25) is 0 Å². The monoisotopic (exact) mass is 398 g/mol. The first-order valence-electron chi connectivity index (χ1n) is 9.32. The number of nitrogens with zero attached hydrogens (tertiary/aromatic N) is 2. The molecule has 1 aliphatic carbocycles. The van der Waals surface area contributed by atoms with Gasteiger partial charge in [-0.3, -0.25) is 14.0 Å². The van der Waals surface area contributed by atoms with Crippen molar-refractivity contribution < 1.29 is 14.7 Å². The molecular weight excluding hydrogens is 376 g/mol. The molecule has 0 atom stereocenters. The third-order valence-corrected chi connectivity index (χ3v) is 5.97. The Morgan fingerprint density at radius 2 is 2.07 bits per heavy atom. The van der Waals surface area contributed by atoms with Gasteiger partial charge in [-0.15, -0.1) is 0 Å². The standard InChI is InChI=1S/C20H22N4O3S/c21-17(25)14-5-4-9-24-16(15(23-18(14)24)13-6-10-28-11-13)19(26)22-12-20(27)7-2-1-3-8-20/h4-6,9-11,27H,1-3,7-8,12H2,(H2,21,25)(H,22,26). The fraction of sp³-hybridized carbons (Fsp3) is 0.350. The zero-order valence-electron chi connectivity index (χ0n) is 15.4. The number of hydrogen-bond donors (Lipinski definition) is 3. The van der Waals surface area contributed by atoms with Crippen molar-refractivity contribution in [2.45, 2.75) is 37.7 Å². The van der Waals surface area contributed by atoms with Gasteiger partial charge in [0.1, 0.15) is 11.4 Å². The zero-order chi connectivity index (χ0) is 19.7. The molecule has 1 aliphatic rings. The molecular formula is C20H22N4O3S. The maximum atomic E-state index is 13.1. The summed E-state index contributed by atoms with van der Waals surface area (Å²) < 4.78 is 1.59. The molecule has 8 heteroatoms. The number of nitrogens with two attached hydrogens (primary N) is 1. The maximum absolute atomic E-state index is 13.1. The first-order chi connectivity index (χ1) is 13.5. The van der Waals surface area contributed by atoms with Gasteiger partial charge in [-0.2, -0.15) is 11.3 Å². The minimum Gasteiger partial charge on any atom is -0.388 e. The van der Waals surface area contributed by atoms with Gasteiger partial charge in [-0.25, -0.2) is 4.98 Å². The maximum Gasteiger partial charge on any atom is 0.270 e. The SMILES string of the molecule is NC(=O)c1cccn2c(C(=O)NCC3(O)CCCCC3)c(-c3ccsc3)nc12. The predicted octanol–water partition coefficient (Wildman–Crippen LogP) is 2.59. The van der Waals surface area contributed by atoms with Crippen molar-refractivity contribution in [1.29, 1.82) is 0 Å². The van der Waals surface area contributed by atoms with Crippen LogP contribution in [-0.2, 0) is 0 Å². The molecule has 3 aromatic heterocycles. The molecule has 0 bridgehead atoms. The second-order valence-corrected chi connectivity index (χ2v) is 8.05. The summed E-state index contributed by atoms with van der Waals surface area (Å²) >= 11 is 1.50. The number of rotatable bonds is 5. The number of thiophene rings is 1. The average molecular weight is 398 g/mol. The summed E-state index contributed by atoms with van der Waals surface area (Å²) in [7, 11) is 0. The third-order valence-electron chi connectivity index (χ3n) is 5.29. The van der Waals surface area contributed by atoms with E-state index in [0.717, 1.165) is 24.8 Å². The molecule has 1 fully saturated rings. The Morgan fingerprint density at radius 3 is 2.75 bits per heavy atom. The van der Waals surface area contributed by atoms with Gasteiger partial charge < -0.3 is 16.2 Å². The Morgan fingerprint density at radius 1 is 1.29 bits per heavy atom. The highest BCUT2D eigenvalue weighted by atomic mass is 32.1. The Labute approximate surface area is 166 Å². The van der Waals surface area contributed by atoms with E-state index in [1.54, 1.807) is 22.7 Å². The van der Waals surface area contributed by atoms with Crippen molar-refractivity contribution in [3.05, 3.63) is 46.4 Å². The number of primary amides is 1. The number of hydrogen-bond acceptors (Lipinski definition) is 5. The number of imidazole rings is 1. The van der Waals surface area contributed by atoms with E-state index in [1.165, 1.54) is 11.3 Å². The van der Waals surface area contributed by atoms with Gasteiger partial charge in [-0.1, -0.05) is 19.3 Å². The van der Waals surface area contributed by atoms with Crippen LogP contribution in [0.1, 0.15) is 53.0 Å². The lowest BCUT2D eigenvalue weighted by atomic mass is 9.85. The molecule has 4 rings (SSSR count). The smallest absolute Gasteiger partial charge is 0.270 e. The van der Waals surface area contributed by atoms with Crippen LogP contribution in [0.25, 0.3) is 16.9 Å². The van der Waals surface area contributed by atoms with E-state index in [0.29, 0.717) is 29.9 Å². The molecule has 4 N–H and O–H groups in total. The van der Waals surface area contributed by atoms with Gasteiger partial charge in [0.05, 0.1) is 11.2 Å². The molecule has 7 nitrogen and oxygen atoms in total. The van der Waals surface area contributed by atoms with Gasteiger partial charge in [-0.05, 0) is 36.4 Å². The summed E-state index contributed by atoms with van der Waals surface area (Å²) in [5.74, 6) is -0.940. The van der Waals surface area contributed by atoms with Crippen LogP contribution >= 0.6 is 11.3 Å². The Balaban J connectivity index is 1.74. The fourth-order valence-electron chi connectivity index (χ4n) is 3.79. The Hall–Kier alpha value is -2.71. The van der Waals surface area contributed by atoms with Gasteiger partial charge in [0.25, 0.3) is 11.8 Å². The summed E-state index contributed by atoms with van der Waals surface area (Å²) in [6.45, 7) is 0.192. The Bertz CT molecular complexity index is 1020. The normalized spacial score (nSPS) is 16.2. The summed E-state index contributed by atoms with van der Waals surface area (Å²) in [5, 5.41) is 17.4. The lowest BCUT2D eigenvalue weighted by Crippen LogP contribution is -2.44. The lowest BCUT2D eigenvalue weighted by Gasteiger charge is -2.32. The number of carbonyl (C=O) groups excluding carboxylic acids is 2. The van der Waals surface area contributed by atoms with Crippen molar-refractivity contribution in [2.24, 2.45) is 5.73 Å². The zero-order valence-corrected chi connectivity index (χ0v) is 16.2. The van der Waals surface area contributed by atoms with Crippen molar-refractivity contribution in [2.75, 3.05) is 6.54 Å². The summed E-state index contributed by atoms with van der Waals surface area (Å²) in [6, 6.07) is 5.13. The minimum absolute atomic E-state index is 0.192. The van der Waals surface area contributed by atoms with Crippen molar-refractivity contribution in [3.8, 4) is 11.3 Å². The highest BCUT2D eigenvalue weighted by molar-refractivity contribution is 7.08. The molecule has 3 aromatic rings. The largest absolute Gasteiger partial charge is 0.388 e. The van der Waals surface area contributed by atoms with Crippen LogP contribution in [0.3, 0.4) is 0 Å². The number of nitrogens with one attached hydrogen (secondary N) is 1. The van der Waals surface area contributed by atoms with Crippen LogP contribution in [0.5, 0.6) is 0 Å². The number of amides is 2. The summed E-state index contributed by atoms with van der Waals surface area (Å²) in [6.07, 6.45) is 6.10. The number of pyridine rings is 1.